The maximum Gasteiger partial charge on any atom is 0.256 e. The Morgan fingerprint density at radius 3 is 2.50 bits per heavy atom. The number of piperazine rings is 1. The van der Waals surface area contributed by atoms with E-state index in [4.69, 9.17) is 0 Å². The quantitative estimate of drug-likeness (QED) is 0.566. The van der Waals surface area contributed by atoms with Crippen LogP contribution in [0.1, 0.15) is 28.8 Å². The molecule has 2 heterocycles. The fraction of sp³-hybridized carbons (Fsp3) is 0.440. The summed E-state index contributed by atoms with van der Waals surface area (Å²) in [5.74, 6) is -0.619. The minimum Gasteiger partial charge on any atom is -0.391 e. The molecule has 2 fully saturated rings. The number of rotatable bonds is 6. The third-order valence-corrected chi connectivity index (χ3v) is 8.11. The molecular weight excluding hydrogens is 485 g/mol. The van der Waals surface area contributed by atoms with Crippen LogP contribution in [0.2, 0.25) is 0 Å². The summed E-state index contributed by atoms with van der Waals surface area (Å²) in [6.07, 6.45) is 2.45. The van der Waals surface area contributed by atoms with Crippen LogP contribution in [0.25, 0.3) is 0 Å². The monoisotopic (exact) mass is 517 g/mol. The number of aliphatic hydroxyl groups is 1. The van der Waals surface area contributed by atoms with Gasteiger partial charge in [-0.3, -0.25) is 9.79 Å². The molecule has 36 heavy (non-hydrogen) atoms. The van der Waals surface area contributed by atoms with Crippen LogP contribution >= 0.6 is 0 Å². The van der Waals surface area contributed by atoms with E-state index in [1.807, 2.05) is 15.9 Å². The third-order valence-electron chi connectivity index (χ3n) is 6.70. The van der Waals surface area contributed by atoms with Gasteiger partial charge in [-0.1, -0.05) is 0 Å². The number of aliphatic hydroxyl groups excluding tert-OH is 1. The van der Waals surface area contributed by atoms with Gasteiger partial charge < -0.3 is 19.8 Å². The second-order valence-corrected chi connectivity index (χ2v) is 10.9. The van der Waals surface area contributed by atoms with Crippen molar-refractivity contribution in [2.45, 2.75) is 23.8 Å². The van der Waals surface area contributed by atoms with Crippen molar-refractivity contribution in [1.29, 1.82) is 0 Å². The number of nitrogens with one attached hydrogen (secondary N) is 1. The van der Waals surface area contributed by atoms with Gasteiger partial charge in [0.25, 0.3) is 5.91 Å². The van der Waals surface area contributed by atoms with Crippen LogP contribution in [0.3, 0.4) is 0 Å². The molecule has 0 radical (unpaired) electrons. The summed E-state index contributed by atoms with van der Waals surface area (Å²) in [6, 6.07) is 9.54. The standard InChI is InChI=1S/C25H32FN5O4S/c1-27-16-18-5-6-19(14-23(18)26)29-10-12-30(13-11-29)25(33)22-15-21(36(34,35)28-2)7-8-24(22)31-9-3-4-20(32)17-31/h5-8,14-16,20,28,32H,3-4,9-13,17H2,1-2H3. The molecule has 2 saturated heterocycles. The Hall–Kier alpha value is -3.02. The SMILES string of the molecule is CN=Cc1ccc(N2CCN(C(=O)c3cc(S(=O)(=O)NC)ccc3N3CCCC(O)C3)CC2)cc1F. The number of hydrogen-bond donors (Lipinski definition) is 2. The van der Waals surface area contributed by atoms with Crippen molar-refractivity contribution in [3.05, 3.63) is 53.3 Å². The maximum absolute atomic E-state index is 14.4. The number of aliphatic imine (C=N–C) groups is 1. The average Bonchev–Trinajstić information content (AvgIpc) is 2.89. The summed E-state index contributed by atoms with van der Waals surface area (Å²) < 4.78 is 41.6. The smallest absolute Gasteiger partial charge is 0.256 e. The van der Waals surface area contributed by atoms with E-state index in [-0.39, 0.29) is 16.6 Å². The van der Waals surface area contributed by atoms with E-state index in [2.05, 4.69) is 9.71 Å². The van der Waals surface area contributed by atoms with Gasteiger partial charge in [0.2, 0.25) is 10.0 Å². The van der Waals surface area contributed by atoms with E-state index in [9.17, 15) is 22.7 Å². The molecule has 0 aromatic heterocycles. The molecule has 1 unspecified atom stereocenters. The van der Waals surface area contributed by atoms with Crippen molar-refractivity contribution < 1.29 is 22.7 Å². The van der Waals surface area contributed by atoms with Gasteiger partial charge >= 0.3 is 0 Å². The van der Waals surface area contributed by atoms with Crippen LogP contribution < -0.4 is 14.5 Å². The molecule has 0 saturated carbocycles. The van der Waals surface area contributed by atoms with Crippen LogP contribution in [-0.4, -0.2) is 90.0 Å². The largest absolute Gasteiger partial charge is 0.391 e. The Labute approximate surface area is 211 Å². The van der Waals surface area contributed by atoms with E-state index in [0.29, 0.717) is 62.5 Å². The molecule has 1 amide bonds. The second kappa shape index (κ2) is 10.9. The number of sulfonamides is 1. The molecule has 2 aromatic rings. The van der Waals surface area contributed by atoms with Crippen LogP contribution in [0.15, 0.2) is 46.3 Å². The second-order valence-electron chi connectivity index (χ2n) is 9.00. The van der Waals surface area contributed by atoms with E-state index >= 15 is 0 Å². The molecule has 9 nitrogen and oxygen atoms in total. The normalized spacial score (nSPS) is 19.2. The summed E-state index contributed by atoms with van der Waals surface area (Å²) in [5.41, 5.74) is 2.06. The number of nitrogens with zero attached hydrogens (tertiary/aromatic N) is 4. The Morgan fingerprint density at radius 2 is 1.86 bits per heavy atom. The van der Waals surface area contributed by atoms with Gasteiger partial charge in [-0.25, -0.2) is 17.5 Å². The van der Waals surface area contributed by atoms with Crippen LogP contribution in [-0.2, 0) is 10.0 Å². The molecular formula is C25H32FN5O4S. The number of halogens is 1. The lowest BCUT2D eigenvalue weighted by Gasteiger charge is -2.38. The van der Waals surface area contributed by atoms with Gasteiger partial charge in [-0.15, -0.1) is 0 Å². The van der Waals surface area contributed by atoms with Crippen molar-refractivity contribution in [3.8, 4) is 0 Å². The highest BCUT2D eigenvalue weighted by atomic mass is 32.2. The molecule has 11 heteroatoms. The van der Waals surface area contributed by atoms with E-state index in [1.54, 1.807) is 24.1 Å². The number of carbonyl (C=O) groups excluding carboxylic acids is 1. The summed E-state index contributed by atoms with van der Waals surface area (Å²) in [7, 11) is -0.823. The van der Waals surface area contributed by atoms with E-state index in [0.717, 1.165) is 12.1 Å². The van der Waals surface area contributed by atoms with E-state index < -0.39 is 16.1 Å². The lowest BCUT2D eigenvalue weighted by atomic mass is 10.0. The minimum absolute atomic E-state index is 0.0134. The predicted molar refractivity (Wildman–Crippen MR) is 138 cm³/mol. The zero-order chi connectivity index (χ0) is 25.9. The number of hydrogen-bond acceptors (Lipinski definition) is 7. The van der Waals surface area contributed by atoms with Crippen molar-refractivity contribution >= 4 is 33.5 Å². The van der Waals surface area contributed by atoms with Crippen LogP contribution in [0.4, 0.5) is 15.8 Å². The summed E-state index contributed by atoms with van der Waals surface area (Å²) in [4.78, 5) is 23.2. The first kappa shape index (κ1) is 26.1. The molecule has 0 bridgehead atoms. The average molecular weight is 518 g/mol. The fourth-order valence-electron chi connectivity index (χ4n) is 4.72. The predicted octanol–water partition coefficient (Wildman–Crippen LogP) is 1.71. The Kier molecular flexibility index (Phi) is 7.91. The number of carbonyl (C=O) groups is 1. The highest BCUT2D eigenvalue weighted by Gasteiger charge is 2.29. The number of benzene rings is 2. The molecule has 1 atom stereocenters. The first-order valence-corrected chi connectivity index (χ1v) is 13.5. The summed E-state index contributed by atoms with van der Waals surface area (Å²) >= 11 is 0. The van der Waals surface area contributed by atoms with Crippen molar-refractivity contribution in [1.82, 2.24) is 9.62 Å². The molecule has 2 aromatic carbocycles. The van der Waals surface area contributed by atoms with Gasteiger partial charge in [0.1, 0.15) is 5.82 Å². The Balaban J connectivity index is 1.56. The van der Waals surface area contributed by atoms with Crippen molar-refractivity contribution in [2.24, 2.45) is 4.99 Å². The molecule has 2 aliphatic heterocycles. The molecule has 0 spiro atoms. The third kappa shape index (κ3) is 5.53. The van der Waals surface area contributed by atoms with Crippen molar-refractivity contribution in [3.63, 3.8) is 0 Å². The summed E-state index contributed by atoms with van der Waals surface area (Å²) in [6.45, 7) is 2.90. The highest BCUT2D eigenvalue weighted by molar-refractivity contribution is 7.89. The van der Waals surface area contributed by atoms with Gasteiger partial charge in [-0.05, 0) is 56.3 Å². The van der Waals surface area contributed by atoms with E-state index in [1.165, 1.54) is 31.5 Å². The Morgan fingerprint density at radius 1 is 1.11 bits per heavy atom. The maximum atomic E-state index is 14.4. The van der Waals surface area contributed by atoms with Crippen molar-refractivity contribution in [2.75, 3.05) is 63.2 Å². The van der Waals surface area contributed by atoms with Gasteiger partial charge in [-0.2, -0.15) is 0 Å². The molecule has 4 rings (SSSR count). The zero-order valence-electron chi connectivity index (χ0n) is 20.5. The zero-order valence-corrected chi connectivity index (χ0v) is 21.3. The molecule has 2 aliphatic rings. The van der Waals surface area contributed by atoms with Gasteiger partial charge in [0, 0.05) is 69.5 Å². The fourth-order valence-corrected chi connectivity index (χ4v) is 5.47. The first-order chi connectivity index (χ1) is 17.2. The minimum atomic E-state index is -3.74. The van der Waals surface area contributed by atoms with Crippen LogP contribution in [0.5, 0.6) is 0 Å². The lowest BCUT2D eigenvalue weighted by Crippen LogP contribution is -2.49. The number of β-amino-alcohol motifs (C(OH)–C–C–N with tert-alkyl or cyclic N) is 1. The topological polar surface area (TPSA) is 106 Å². The molecule has 0 aliphatic carbocycles. The number of amides is 1. The highest BCUT2D eigenvalue weighted by Crippen LogP contribution is 2.29. The molecule has 194 valence electrons. The number of piperidine rings is 1. The Bertz CT molecular complexity index is 1250. The molecule has 2 N–H and O–H groups in total. The first-order valence-electron chi connectivity index (χ1n) is 12.0. The lowest BCUT2D eigenvalue weighted by molar-refractivity contribution is 0.0746. The van der Waals surface area contributed by atoms with Gasteiger partial charge in [0.05, 0.1) is 16.6 Å². The summed E-state index contributed by atoms with van der Waals surface area (Å²) in [5, 5.41) is 10.2. The van der Waals surface area contributed by atoms with Gasteiger partial charge in [0.15, 0.2) is 0 Å². The number of anilines is 2. The van der Waals surface area contributed by atoms with Crippen LogP contribution in [0, 0.1) is 5.82 Å².